The number of ether oxygens (including phenoxy) is 2. The minimum atomic E-state index is -0.0342. The summed E-state index contributed by atoms with van der Waals surface area (Å²) in [4.78, 5) is 1.18. The average molecular weight is 300 g/mol. The van der Waals surface area contributed by atoms with Crippen molar-refractivity contribution in [3.05, 3.63) is 23.2 Å². The molecule has 0 radical (unpaired) electrons. The standard InChI is InChI=1S/C14H18ClNO2S/c15-12-7-10(1-2-13(12)16)19-11-3-5-18-14(8-11)4-6-17-9-14/h1-2,7,11H,3-6,8-9,16H2. The second-order valence-electron chi connectivity index (χ2n) is 5.25. The van der Waals surface area contributed by atoms with Crippen LogP contribution >= 0.6 is 23.4 Å². The number of hydrogen-bond acceptors (Lipinski definition) is 4. The minimum absolute atomic E-state index is 0.0342. The first kappa shape index (κ1) is 13.6. The molecule has 1 spiro atoms. The number of hydrogen-bond donors (Lipinski definition) is 1. The molecule has 1 aromatic rings. The molecule has 2 N–H and O–H groups in total. The molecule has 1 aromatic carbocycles. The van der Waals surface area contributed by atoms with Crippen LogP contribution in [0, 0.1) is 0 Å². The number of nitrogen functional groups attached to an aromatic ring is 1. The Labute approximate surface area is 122 Å². The summed E-state index contributed by atoms with van der Waals surface area (Å²) < 4.78 is 11.5. The van der Waals surface area contributed by atoms with Gasteiger partial charge in [-0.05, 0) is 31.0 Å². The number of anilines is 1. The van der Waals surface area contributed by atoms with Crippen LogP contribution in [0.4, 0.5) is 5.69 Å². The third-order valence-corrected chi connectivity index (χ3v) is 5.38. The normalized spacial score (nSPS) is 30.9. The maximum atomic E-state index is 6.07. The van der Waals surface area contributed by atoms with Gasteiger partial charge in [0.15, 0.2) is 0 Å². The highest BCUT2D eigenvalue weighted by Crippen LogP contribution is 2.40. The Bertz CT molecular complexity index is 463. The van der Waals surface area contributed by atoms with Crippen molar-refractivity contribution in [2.24, 2.45) is 0 Å². The van der Waals surface area contributed by atoms with E-state index in [0.29, 0.717) is 16.0 Å². The Morgan fingerprint density at radius 3 is 3.00 bits per heavy atom. The largest absolute Gasteiger partial charge is 0.398 e. The highest BCUT2D eigenvalue weighted by Gasteiger charge is 2.41. The molecule has 3 rings (SSSR count). The Morgan fingerprint density at radius 1 is 1.37 bits per heavy atom. The first-order valence-electron chi connectivity index (χ1n) is 6.60. The average Bonchev–Trinajstić information content (AvgIpc) is 2.82. The van der Waals surface area contributed by atoms with Gasteiger partial charge in [0.25, 0.3) is 0 Å². The van der Waals surface area contributed by atoms with Gasteiger partial charge in [-0.15, -0.1) is 11.8 Å². The third kappa shape index (κ3) is 3.02. The molecular weight excluding hydrogens is 282 g/mol. The van der Waals surface area contributed by atoms with Crippen LogP contribution in [-0.4, -0.2) is 30.7 Å². The van der Waals surface area contributed by atoms with E-state index >= 15 is 0 Å². The lowest BCUT2D eigenvalue weighted by Gasteiger charge is -2.36. The molecule has 2 atom stereocenters. The first-order chi connectivity index (χ1) is 9.17. The van der Waals surface area contributed by atoms with Crippen LogP contribution in [0.1, 0.15) is 19.3 Å². The molecule has 2 fully saturated rings. The quantitative estimate of drug-likeness (QED) is 0.851. The van der Waals surface area contributed by atoms with E-state index in [1.165, 1.54) is 4.90 Å². The topological polar surface area (TPSA) is 44.5 Å². The lowest BCUT2D eigenvalue weighted by molar-refractivity contribution is -0.0769. The fourth-order valence-corrected chi connectivity index (χ4v) is 4.28. The van der Waals surface area contributed by atoms with Gasteiger partial charge in [-0.2, -0.15) is 0 Å². The van der Waals surface area contributed by atoms with E-state index in [9.17, 15) is 0 Å². The summed E-state index contributed by atoms with van der Waals surface area (Å²) in [5, 5.41) is 1.20. The zero-order chi connectivity index (χ0) is 13.3. The van der Waals surface area contributed by atoms with Crippen molar-refractivity contribution in [1.29, 1.82) is 0 Å². The van der Waals surface area contributed by atoms with E-state index in [1.54, 1.807) is 0 Å². The highest BCUT2D eigenvalue weighted by atomic mass is 35.5. The molecule has 2 saturated heterocycles. The lowest BCUT2D eigenvalue weighted by Crippen LogP contribution is -2.41. The Kier molecular flexibility index (Phi) is 3.94. The zero-order valence-corrected chi connectivity index (χ0v) is 12.3. The molecule has 104 valence electrons. The van der Waals surface area contributed by atoms with Crippen molar-refractivity contribution in [3.8, 4) is 0 Å². The molecule has 3 nitrogen and oxygen atoms in total. The lowest BCUT2D eigenvalue weighted by atomic mass is 9.93. The summed E-state index contributed by atoms with van der Waals surface area (Å²) in [5.41, 5.74) is 6.34. The second kappa shape index (κ2) is 5.52. The predicted molar refractivity (Wildman–Crippen MR) is 78.9 cm³/mol. The van der Waals surface area contributed by atoms with Crippen LogP contribution in [0.2, 0.25) is 5.02 Å². The maximum Gasteiger partial charge on any atom is 0.0947 e. The van der Waals surface area contributed by atoms with Crippen molar-refractivity contribution in [3.63, 3.8) is 0 Å². The molecule has 2 heterocycles. The van der Waals surface area contributed by atoms with E-state index in [2.05, 4.69) is 0 Å². The summed E-state index contributed by atoms with van der Waals surface area (Å²) in [6.07, 6.45) is 3.15. The van der Waals surface area contributed by atoms with Crippen molar-refractivity contribution in [2.75, 3.05) is 25.6 Å². The Balaban J connectivity index is 1.67. The van der Waals surface area contributed by atoms with Crippen molar-refractivity contribution in [2.45, 2.75) is 35.0 Å². The van der Waals surface area contributed by atoms with Crippen molar-refractivity contribution >= 4 is 29.1 Å². The predicted octanol–water partition coefficient (Wildman–Crippen LogP) is 3.35. The van der Waals surface area contributed by atoms with Gasteiger partial charge in [0.1, 0.15) is 0 Å². The summed E-state index contributed by atoms with van der Waals surface area (Å²) in [5.74, 6) is 0. The summed E-state index contributed by atoms with van der Waals surface area (Å²) in [6, 6.07) is 5.87. The highest BCUT2D eigenvalue weighted by molar-refractivity contribution is 8.00. The molecule has 2 aliphatic heterocycles. The molecule has 0 saturated carbocycles. The molecule has 0 amide bonds. The van der Waals surface area contributed by atoms with E-state index in [-0.39, 0.29) is 5.60 Å². The van der Waals surface area contributed by atoms with E-state index in [4.69, 9.17) is 26.8 Å². The molecule has 2 aliphatic rings. The van der Waals surface area contributed by atoms with Crippen molar-refractivity contribution < 1.29 is 9.47 Å². The van der Waals surface area contributed by atoms with Gasteiger partial charge in [0, 0.05) is 29.8 Å². The molecular formula is C14H18ClNO2S. The van der Waals surface area contributed by atoms with Gasteiger partial charge < -0.3 is 15.2 Å². The van der Waals surface area contributed by atoms with Gasteiger partial charge in [-0.25, -0.2) is 0 Å². The summed E-state index contributed by atoms with van der Waals surface area (Å²) >= 11 is 7.94. The minimum Gasteiger partial charge on any atom is -0.398 e. The van der Waals surface area contributed by atoms with Gasteiger partial charge in [-0.1, -0.05) is 11.6 Å². The van der Waals surface area contributed by atoms with Crippen LogP contribution < -0.4 is 5.73 Å². The van der Waals surface area contributed by atoms with Crippen molar-refractivity contribution in [1.82, 2.24) is 0 Å². The van der Waals surface area contributed by atoms with Gasteiger partial charge >= 0.3 is 0 Å². The Morgan fingerprint density at radius 2 is 2.26 bits per heavy atom. The number of benzene rings is 1. The third-order valence-electron chi connectivity index (χ3n) is 3.79. The first-order valence-corrected chi connectivity index (χ1v) is 7.86. The number of rotatable bonds is 2. The SMILES string of the molecule is Nc1ccc(SC2CCOC3(CCOC3)C2)cc1Cl. The smallest absolute Gasteiger partial charge is 0.0947 e. The van der Waals surface area contributed by atoms with E-state index in [1.807, 2.05) is 30.0 Å². The zero-order valence-electron chi connectivity index (χ0n) is 10.7. The summed E-state index contributed by atoms with van der Waals surface area (Å²) in [7, 11) is 0. The molecule has 2 unspecified atom stereocenters. The maximum absolute atomic E-state index is 6.07. The van der Waals surface area contributed by atoms with E-state index < -0.39 is 0 Å². The number of halogens is 1. The van der Waals surface area contributed by atoms with Crippen LogP contribution in [0.15, 0.2) is 23.1 Å². The van der Waals surface area contributed by atoms with Crippen LogP contribution in [0.5, 0.6) is 0 Å². The molecule has 0 aliphatic carbocycles. The van der Waals surface area contributed by atoms with Crippen LogP contribution in [0.3, 0.4) is 0 Å². The van der Waals surface area contributed by atoms with Gasteiger partial charge in [0.05, 0.1) is 22.9 Å². The van der Waals surface area contributed by atoms with Crippen LogP contribution in [-0.2, 0) is 9.47 Å². The molecule has 0 bridgehead atoms. The molecule has 0 aromatic heterocycles. The fraction of sp³-hybridized carbons (Fsp3) is 0.571. The van der Waals surface area contributed by atoms with Crippen LogP contribution in [0.25, 0.3) is 0 Å². The van der Waals surface area contributed by atoms with Gasteiger partial charge in [0.2, 0.25) is 0 Å². The summed E-state index contributed by atoms with van der Waals surface area (Å²) in [6.45, 7) is 2.39. The fourth-order valence-electron chi connectivity index (χ4n) is 2.72. The second-order valence-corrected chi connectivity index (χ2v) is 7.03. The molecule has 19 heavy (non-hydrogen) atoms. The van der Waals surface area contributed by atoms with E-state index in [0.717, 1.165) is 39.1 Å². The number of thioether (sulfide) groups is 1. The van der Waals surface area contributed by atoms with Gasteiger partial charge in [-0.3, -0.25) is 0 Å². The monoisotopic (exact) mass is 299 g/mol. The number of nitrogens with two attached hydrogens (primary N) is 1. The molecule has 5 heteroatoms. The Hall–Kier alpha value is -0.420.